The molecule has 0 spiro atoms. The van der Waals surface area contributed by atoms with Crippen LogP contribution in [0.2, 0.25) is 0 Å². The maximum Gasteiger partial charge on any atom is -0.109 e. The summed E-state index contributed by atoms with van der Waals surface area (Å²) in [5, 5.41) is 5.58. The van der Waals surface area contributed by atoms with Gasteiger partial charge in [-0.1, -0.05) is 105 Å². The fourth-order valence-electron chi connectivity index (χ4n) is 7.04. The predicted octanol–water partition coefficient (Wildman–Crippen LogP) is 6.55. The standard InChI is InChI=1S/C31H37.C9H10.C5H5.2ClH.Zr/c1-28(2,3)26-16-30(7,8)24-12-18-11-19-13-25-23(15-21(19)20(18)14-22(24)26)27(29(4,5)6)17-31(25,9)10;1-3-9-6-4-8(2)5-7-9;1-2-4-5-3-1;;;/h11-17H,1-10H3;4-7H,1-2H3;1-3H,4H2;2*1H;/q-1;;-1;;;+2/p-2. The fraction of sp³-hybridized carbons (Fsp3) is 0.378. The van der Waals surface area contributed by atoms with Crippen LogP contribution in [0, 0.1) is 23.8 Å². The average Bonchev–Trinajstić information content (AvgIpc) is 3.73. The zero-order valence-electron chi connectivity index (χ0n) is 31.0. The molecule has 0 saturated heterocycles. The number of hydrogen-bond acceptors (Lipinski definition) is 0. The molecule has 0 aliphatic heterocycles. The van der Waals surface area contributed by atoms with E-state index < -0.39 is 0 Å². The number of benzene rings is 3. The largest absolute Gasteiger partial charge is 1.00 e. The van der Waals surface area contributed by atoms with Crippen LogP contribution in [0.5, 0.6) is 0 Å². The van der Waals surface area contributed by atoms with Crippen LogP contribution in [0.25, 0.3) is 32.7 Å². The van der Waals surface area contributed by atoms with Crippen LogP contribution in [0.3, 0.4) is 0 Å². The van der Waals surface area contributed by atoms with Crippen molar-refractivity contribution in [3.8, 4) is 0 Å². The van der Waals surface area contributed by atoms with Gasteiger partial charge in [-0.3, -0.25) is 6.08 Å². The number of aryl methyl sites for hydroxylation is 1. The van der Waals surface area contributed by atoms with Crippen LogP contribution in [0.15, 0.2) is 85.0 Å². The van der Waals surface area contributed by atoms with Crippen molar-refractivity contribution in [1.29, 1.82) is 0 Å². The van der Waals surface area contributed by atoms with Crippen LogP contribution >= 0.6 is 0 Å². The van der Waals surface area contributed by atoms with Gasteiger partial charge in [0, 0.05) is 10.8 Å². The van der Waals surface area contributed by atoms with Gasteiger partial charge >= 0.3 is 76.7 Å². The van der Waals surface area contributed by atoms with Gasteiger partial charge in [0.25, 0.3) is 0 Å². The second-order valence-electron chi connectivity index (χ2n) is 16.7. The number of allylic oxidation sites excluding steroid dienone is 8. The van der Waals surface area contributed by atoms with Crippen LogP contribution in [0.1, 0.15) is 116 Å². The Kier molecular flexibility index (Phi) is 12.2. The van der Waals surface area contributed by atoms with Crippen molar-refractivity contribution >= 4 is 35.9 Å². The number of rotatable bonds is 1. The second-order valence-corrected chi connectivity index (χ2v) is 18.5. The van der Waals surface area contributed by atoms with E-state index in [1.54, 1.807) is 0 Å². The summed E-state index contributed by atoms with van der Waals surface area (Å²) in [6, 6.07) is 21.0. The molecule has 0 N–H and O–H groups in total. The molecule has 4 aromatic carbocycles. The van der Waals surface area contributed by atoms with Crippen molar-refractivity contribution < 1.29 is 49.0 Å². The minimum Gasteiger partial charge on any atom is -1.00 e. The van der Waals surface area contributed by atoms with Crippen molar-refractivity contribution in [2.75, 3.05) is 0 Å². The molecule has 48 heavy (non-hydrogen) atoms. The van der Waals surface area contributed by atoms with Crippen LogP contribution in [-0.4, -0.2) is 3.21 Å². The monoisotopic (exact) mass is 752 g/mol. The Morgan fingerprint density at radius 3 is 1.48 bits per heavy atom. The Balaban J connectivity index is 0.000000305. The van der Waals surface area contributed by atoms with Gasteiger partial charge in [0.1, 0.15) is 0 Å². The van der Waals surface area contributed by atoms with Crippen molar-refractivity contribution in [1.82, 2.24) is 0 Å². The third kappa shape index (κ3) is 8.23. The van der Waals surface area contributed by atoms with Gasteiger partial charge in [0.15, 0.2) is 0 Å². The molecule has 3 aliphatic rings. The Bertz CT molecular complexity index is 1830. The Labute approximate surface area is 318 Å². The van der Waals surface area contributed by atoms with Crippen LogP contribution < -0.4 is 24.8 Å². The molecule has 0 fully saturated rings. The maximum atomic E-state index is 2.99. The van der Waals surface area contributed by atoms with Crippen molar-refractivity contribution in [3.63, 3.8) is 0 Å². The minimum atomic E-state index is 0. The molecule has 4 aromatic rings. The summed E-state index contributed by atoms with van der Waals surface area (Å²) in [6.07, 6.45) is 15.0. The Hall–Kier alpha value is -2.18. The zero-order valence-corrected chi connectivity index (χ0v) is 35.0. The van der Waals surface area contributed by atoms with E-state index in [2.05, 4.69) is 162 Å². The SMILES string of the molecule is CC(C)(C)C1=CC(C)(C)c2cc3[cH-]c4cc5c(cc4c3cc21)C(C(C)(C)C)=CC5(C)C.C[C](=[Zr+2])c1ccc(C)cc1.[C-]1=CC=CC1.[Cl-].[Cl-]. The number of hydrogen-bond donors (Lipinski definition) is 0. The maximum absolute atomic E-state index is 2.99. The first-order chi connectivity index (χ1) is 21.3. The second kappa shape index (κ2) is 14.6. The summed E-state index contributed by atoms with van der Waals surface area (Å²) in [5.41, 5.74) is 12.0. The average molecular weight is 755 g/mol. The molecule has 3 aliphatic carbocycles. The van der Waals surface area contributed by atoms with Crippen LogP contribution in [-0.2, 0) is 35.1 Å². The van der Waals surface area contributed by atoms with E-state index in [1.807, 2.05) is 12.2 Å². The van der Waals surface area contributed by atoms with Gasteiger partial charge in [-0.05, 0) is 33.1 Å². The minimum absolute atomic E-state index is 0. The van der Waals surface area contributed by atoms with Gasteiger partial charge in [0.2, 0.25) is 0 Å². The molecule has 0 nitrogen and oxygen atoms in total. The normalized spacial score (nSPS) is 16.5. The molecule has 252 valence electrons. The number of fused-ring (bicyclic) bond motifs is 5. The molecular weight excluding hydrogens is 703 g/mol. The molecule has 7 rings (SSSR count). The van der Waals surface area contributed by atoms with Crippen LogP contribution in [0.4, 0.5) is 0 Å². The summed E-state index contributed by atoms with van der Waals surface area (Å²) in [5.74, 6) is 0. The third-order valence-electron chi connectivity index (χ3n) is 9.65. The molecule has 0 heterocycles. The van der Waals surface area contributed by atoms with Crippen molar-refractivity contribution in [3.05, 3.63) is 124 Å². The smallest absolute Gasteiger partial charge is 0.109 e. The molecule has 0 amide bonds. The van der Waals surface area contributed by atoms with Crippen molar-refractivity contribution in [2.24, 2.45) is 10.8 Å². The Morgan fingerprint density at radius 1 is 0.729 bits per heavy atom. The topological polar surface area (TPSA) is 0 Å². The van der Waals surface area contributed by atoms with Gasteiger partial charge in [-0.25, -0.2) is 12.2 Å². The molecule has 0 unspecified atom stereocenters. The summed E-state index contributed by atoms with van der Waals surface area (Å²) in [6.45, 7) is 27.8. The van der Waals surface area contributed by atoms with E-state index in [-0.39, 0.29) is 46.5 Å². The molecule has 3 heteroatoms. The Morgan fingerprint density at radius 2 is 1.17 bits per heavy atom. The first kappa shape index (κ1) is 40.3. The summed E-state index contributed by atoms with van der Waals surface area (Å²) >= 11 is 1.51. The molecule has 0 bridgehead atoms. The van der Waals surface area contributed by atoms with Gasteiger partial charge in [-0.15, -0.1) is 46.2 Å². The van der Waals surface area contributed by atoms with Gasteiger partial charge < -0.3 is 24.8 Å². The molecule has 0 saturated carbocycles. The van der Waals surface area contributed by atoms with E-state index in [1.165, 1.54) is 93.5 Å². The van der Waals surface area contributed by atoms with Gasteiger partial charge in [-0.2, -0.15) is 6.08 Å². The first-order valence-corrected chi connectivity index (χ1v) is 18.1. The fourth-order valence-corrected chi connectivity index (χ4v) is 7.44. The molecule has 0 aromatic heterocycles. The zero-order chi connectivity index (χ0) is 33.8. The first-order valence-electron chi connectivity index (χ1n) is 16.8. The van der Waals surface area contributed by atoms with Crippen molar-refractivity contribution in [2.45, 2.75) is 100 Å². The van der Waals surface area contributed by atoms with E-state index >= 15 is 0 Å². The summed E-state index contributed by atoms with van der Waals surface area (Å²) in [7, 11) is 0. The summed E-state index contributed by atoms with van der Waals surface area (Å²) < 4.78 is 1.46. The molecule has 0 atom stereocenters. The van der Waals surface area contributed by atoms with E-state index in [4.69, 9.17) is 0 Å². The van der Waals surface area contributed by atoms with E-state index in [9.17, 15) is 0 Å². The van der Waals surface area contributed by atoms with Gasteiger partial charge in [0.05, 0.1) is 0 Å². The predicted molar refractivity (Wildman–Crippen MR) is 200 cm³/mol. The molecule has 0 radical (unpaired) electrons. The molecular formula is C45H52Cl2Zr-2. The quantitative estimate of drug-likeness (QED) is 0.194. The summed E-state index contributed by atoms with van der Waals surface area (Å²) in [4.78, 5) is 0. The number of halogens is 2. The third-order valence-corrected chi connectivity index (χ3v) is 10.4. The van der Waals surface area contributed by atoms with E-state index in [0.29, 0.717) is 0 Å². The van der Waals surface area contributed by atoms with E-state index in [0.717, 1.165) is 6.42 Å².